The summed E-state index contributed by atoms with van der Waals surface area (Å²) in [5.74, 6) is -0.968. The molecule has 0 aliphatic heterocycles. The number of nitrogens with one attached hydrogen (secondary N) is 1. The van der Waals surface area contributed by atoms with E-state index in [1.54, 1.807) is 6.07 Å². The third-order valence-corrected chi connectivity index (χ3v) is 2.75. The summed E-state index contributed by atoms with van der Waals surface area (Å²) < 4.78 is 12.9. The summed E-state index contributed by atoms with van der Waals surface area (Å²) in [5.41, 5.74) is -0.672. The van der Waals surface area contributed by atoms with Gasteiger partial charge in [0, 0.05) is 0 Å². The fourth-order valence-corrected chi connectivity index (χ4v) is 1.47. The van der Waals surface area contributed by atoms with Crippen molar-refractivity contribution in [3.8, 4) is 12.1 Å². The molecular weight excluding hydrogens is 221 g/mol. The highest BCUT2D eigenvalue weighted by molar-refractivity contribution is 6.00. The van der Waals surface area contributed by atoms with E-state index in [-0.39, 0.29) is 11.3 Å². The van der Waals surface area contributed by atoms with Gasteiger partial charge in [0.2, 0.25) is 5.91 Å². The summed E-state index contributed by atoms with van der Waals surface area (Å²) in [5, 5.41) is 20.1. The normalized spacial score (nSPS) is 15.5. The first-order chi connectivity index (χ1) is 8.11. The molecular formula is C12H8FN3O. The summed E-state index contributed by atoms with van der Waals surface area (Å²) in [7, 11) is 0. The quantitative estimate of drug-likeness (QED) is 0.841. The molecule has 1 saturated carbocycles. The molecule has 1 aliphatic carbocycles. The largest absolute Gasteiger partial charge is 0.324 e. The molecule has 2 rings (SSSR count). The smallest absolute Gasteiger partial charge is 0.244 e. The van der Waals surface area contributed by atoms with Crippen molar-refractivity contribution >= 4 is 11.6 Å². The van der Waals surface area contributed by atoms with Gasteiger partial charge in [0.1, 0.15) is 17.3 Å². The topological polar surface area (TPSA) is 76.7 Å². The van der Waals surface area contributed by atoms with Gasteiger partial charge in [0.15, 0.2) is 0 Å². The van der Waals surface area contributed by atoms with Gasteiger partial charge in [-0.25, -0.2) is 4.39 Å². The molecule has 1 N–H and O–H groups in total. The van der Waals surface area contributed by atoms with Gasteiger partial charge in [0.25, 0.3) is 0 Å². The summed E-state index contributed by atoms with van der Waals surface area (Å²) in [6, 6.07) is 7.26. The molecule has 0 radical (unpaired) electrons. The maximum absolute atomic E-state index is 12.9. The highest BCUT2D eigenvalue weighted by Crippen LogP contribution is 2.45. The minimum absolute atomic E-state index is 0.0482. The second-order valence-electron chi connectivity index (χ2n) is 3.95. The number of hydrogen-bond acceptors (Lipinski definition) is 3. The Labute approximate surface area is 97.3 Å². The minimum atomic E-state index is -0.957. The van der Waals surface area contributed by atoms with E-state index in [4.69, 9.17) is 10.5 Å². The lowest BCUT2D eigenvalue weighted by molar-refractivity contribution is -0.119. The zero-order chi connectivity index (χ0) is 12.5. The first kappa shape index (κ1) is 11.1. The third-order valence-electron chi connectivity index (χ3n) is 2.75. The molecule has 1 aromatic carbocycles. The molecule has 0 aromatic heterocycles. The Morgan fingerprint density at radius 3 is 2.65 bits per heavy atom. The van der Waals surface area contributed by atoms with E-state index >= 15 is 0 Å². The number of amides is 1. The Hall–Kier alpha value is -2.40. The molecule has 0 bridgehead atoms. The number of halogens is 1. The van der Waals surface area contributed by atoms with Crippen LogP contribution in [0.15, 0.2) is 18.2 Å². The van der Waals surface area contributed by atoms with E-state index in [0.29, 0.717) is 12.8 Å². The van der Waals surface area contributed by atoms with Crippen LogP contribution in [0.1, 0.15) is 18.4 Å². The number of nitrogens with zero attached hydrogens (tertiary/aromatic N) is 2. The lowest BCUT2D eigenvalue weighted by Gasteiger charge is -2.09. The standard InChI is InChI=1S/C12H8FN3O/c13-9-1-2-10(8(5-9)6-14)16-11(17)12(7-15)3-4-12/h1-2,5H,3-4H2,(H,16,17). The van der Waals surface area contributed by atoms with Gasteiger partial charge in [-0.3, -0.25) is 4.79 Å². The molecule has 1 fully saturated rings. The van der Waals surface area contributed by atoms with Gasteiger partial charge in [0.05, 0.1) is 17.3 Å². The molecule has 1 amide bonds. The van der Waals surface area contributed by atoms with Crippen molar-refractivity contribution in [3.63, 3.8) is 0 Å². The van der Waals surface area contributed by atoms with Crippen molar-refractivity contribution in [2.24, 2.45) is 5.41 Å². The van der Waals surface area contributed by atoms with E-state index in [1.165, 1.54) is 6.07 Å². The number of hydrogen-bond donors (Lipinski definition) is 1. The van der Waals surface area contributed by atoms with Crippen molar-refractivity contribution in [2.75, 3.05) is 5.32 Å². The first-order valence-electron chi connectivity index (χ1n) is 5.04. The van der Waals surface area contributed by atoms with Crippen molar-refractivity contribution < 1.29 is 9.18 Å². The van der Waals surface area contributed by atoms with E-state index < -0.39 is 17.1 Å². The van der Waals surface area contributed by atoms with Crippen LogP contribution in [-0.2, 0) is 4.79 Å². The monoisotopic (exact) mass is 229 g/mol. The molecule has 4 nitrogen and oxygen atoms in total. The number of carbonyl (C=O) groups excluding carboxylic acids is 1. The zero-order valence-electron chi connectivity index (χ0n) is 8.83. The summed E-state index contributed by atoms with van der Waals surface area (Å²) in [4.78, 5) is 11.7. The molecule has 0 heterocycles. The van der Waals surface area contributed by atoms with Gasteiger partial charge >= 0.3 is 0 Å². The predicted molar refractivity (Wildman–Crippen MR) is 57.0 cm³/mol. The summed E-state index contributed by atoms with van der Waals surface area (Å²) >= 11 is 0. The second-order valence-corrected chi connectivity index (χ2v) is 3.95. The molecule has 1 aliphatic rings. The van der Waals surface area contributed by atoms with Gasteiger partial charge in [-0.15, -0.1) is 0 Å². The van der Waals surface area contributed by atoms with Crippen LogP contribution in [0.5, 0.6) is 0 Å². The molecule has 1 aromatic rings. The van der Waals surface area contributed by atoms with Crippen LogP contribution in [0, 0.1) is 33.9 Å². The van der Waals surface area contributed by atoms with Gasteiger partial charge in [-0.05, 0) is 31.0 Å². The highest BCUT2D eigenvalue weighted by Gasteiger charge is 2.50. The molecule has 84 valence electrons. The molecule has 0 unspecified atom stereocenters. The van der Waals surface area contributed by atoms with Crippen molar-refractivity contribution in [3.05, 3.63) is 29.6 Å². The van der Waals surface area contributed by atoms with Gasteiger partial charge in [-0.2, -0.15) is 10.5 Å². The van der Waals surface area contributed by atoms with Gasteiger partial charge < -0.3 is 5.32 Å². The fourth-order valence-electron chi connectivity index (χ4n) is 1.47. The lowest BCUT2D eigenvalue weighted by Crippen LogP contribution is -2.23. The maximum Gasteiger partial charge on any atom is 0.244 e. The van der Waals surface area contributed by atoms with E-state index in [1.807, 2.05) is 6.07 Å². The highest BCUT2D eigenvalue weighted by atomic mass is 19.1. The Bertz CT molecular complexity index is 564. The van der Waals surface area contributed by atoms with Crippen molar-refractivity contribution in [2.45, 2.75) is 12.8 Å². The summed E-state index contributed by atoms with van der Waals surface area (Å²) in [6.07, 6.45) is 1.05. The number of benzene rings is 1. The van der Waals surface area contributed by atoms with E-state index in [9.17, 15) is 9.18 Å². The SMILES string of the molecule is N#Cc1cc(F)ccc1NC(=O)C1(C#N)CC1. The fraction of sp³-hybridized carbons (Fsp3) is 0.250. The number of nitriles is 2. The Morgan fingerprint density at radius 2 is 2.12 bits per heavy atom. The van der Waals surface area contributed by atoms with Crippen LogP contribution in [0.2, 0.25) is 0 Å². The Morgan fingerprint density at radius 1 is 1.41 bits per heavy atom. The molecule has 17 heavy (non-hydrogen) atoms. The van der Waals surface area contributed by atoms with Crippen LogP contribution >= 0.6 is 0 Å². The molecule has 0 atom stereocenters. The number of anilines is 1. The third kappa shape index (κ3) is 1.95. The van der Waals surface area contributed by atoms with E-state index in [0.717, 1.165) is 12.1 Å². The molecule has 5 heteroatoms. The number of rotatable bonds is 2. The Balaban J connectivity index is 2.23. The first-order valence-corrected chi connectivity index (χ1v) is 5.04. The van der Waals surface area contributed by atoms with Crippen molar-refractivity contribution in [1.82, 2.24) is 0 Å². The molecule has 0 saturated heterocycles. The second kappa shape index (κ2) is 3.88. The number of carbonyl (C=O) groups is 1. The maximum atomic E-state index is 12.9. The average Bonchev–Trinajstić information content (AvgIpc) is 3.12. The Kier molecular flexibility index (Phi) is 2.53. The van der Waals surface area contributed by atoms with Crippen LogP contribution in [-0.4, -0.2) is 5.91 Å². The van der Waals surface area contributed by atoms with Crippen LogP contribution < -0.4 is 5.32 Å². The molecule has 0 spiro atoms. The van der Waals surface area contributed by atoms with Crippen LogP contribution in [0.4, 0.5) is 10.1 Å². The predicted octanol–water partition coefficient (Wildman–Crippen LogP) is 1.94. The minimum Gasteiger partial charge on any atom is -0.324 e. The van der Waals surface area contributed by atoms with Crippen LogP contribution in [0.3, 0.4) is 0 Å². The van der Waals surface area contributed by atoms with Crippen molar-refractivity contribution in [1.29, 1.82) is 10.5 Å². The summed E-state index contributed by atoms with van der Waals surface area (Å²) in [6.45, 7) is 0. The van der Waals surface area contributed by atoms with E-state index in [2.05, 4.69) is 5.32 Å². The zero-order valence-corrected chi connectivity index (χ0v) is 8.83. The lowest BCUT2D eigenvalue weighted by atomic mass is 10.1. The van der Waals surface area contributed by atoms with Crippen LogP contribution in [0.25, 0.3) is 0 Å². The average molecular weight is 229 g/mol. The van der Waals surface area contributed by atoms with Gasteiger partial charge in [-0.1, -0.05) is 0 Å².